The zero-order valence-electron chi connectivity index (χ0n) is 14.4. The fraction of sp³-hybridized carbons (Fsp3) is 0.611. The average Bonchev–Trinajstić information content (AvgIpc) is 3.24. The van der Waals surface area contributed by atoms with Gasteiger partial charge < -0.3 is 4.90 Å². The van der Waals surface area contributed by atoms with Crippen molar-refractivity contribution in [1.82, 2.24) is 9.21 Å². The number of nitrogens with zero attached hydrogens (tertiary/aromatic N) is 2. The van der Waals surface area contributed by atoms with Gasteiger partial charge >= 0.3 is 0 Å². The zero-order valence-corrected chi connectivity index (χ0v) is 15.3. The topological polar surface area (TPSA) is 57.7 Å². The molecule has 0 bridgehead atoms. The minimum absolute atomic E-state index is 0.0400. The summed E-state index contributed by atoms with van der Waals surface area (Å²) in [6.45, 7) is 0.817. The van der Waals surface area contributed by atoms with E-state index in [1.54, 1.807) is 12.1 Å². The van der Waals surface area contributed by atoms with E-state index >= 15 is 0 Å². The van der Waals surface area contributed by atoms with Gasteiger partial charge in [0.1, 0.15) is 0 Å². The number of likely N-dealkylation sites (tertiary alicyclic amines) is 1. The molecule has 0 spiro atoms. The zero-order chi connectivity index (χ0) is 17.3. The van der Waals surface area contributed by atoms with Crippen LogP contribution in [0.4, 0.5) is 0 Å². The number of amides is 1. The molecule has 3 rings (SSSR count). The molecule has 1 unspecified atom stereocenters. The first-order valence-electron chi connectivity index (χ1n) is 8.75. The maximum atomic E-state index is 12.9. The molecule has 2 fully saturated rings. The van der Waals surface area contributed by atoms with Crippen molar-refractivity contribution >= 4 is 15.9 Å². The molecule has 1 saturated heterocycles. The Kier molecular flexibility index (Phi) is 4.97. The number of carbonyl (C=O) groups is 1. The lowest BCUT2D eigenvalue weighted by Crippen LogP contribution is -2.39. The van der Waals surface area contributed by atoms with E-state index in [1.165, 1.54) is 56.2 Å². The summed E-state index contributed by atoms with van der Waals surface area (Å²) < 4.78 is 25.4. The van der Waals surface area contributed by atoms with Gasteiger partial charge in [-0.3, -0.25) is 4.79 Å². The standard InChI is InChI=1S/C18H26N2O3S/c1-19(2)24(22,23)16-11-9-15(10-12-16)18(21)20-13-5-8-17(20)14-6-3-4-7-14/h9-12,14,17H,3-8,13H2,1-2H3. The summed E-state index contributed by atoms with van der Waals surface area (Å²) in [7, 11) is -0.444. The van der Waals surface area contributed by atoms with Gasteiger partial charge in [0, 0.05) is 32.2 Å². The molecule has 1 aromatic carbocycles. The average molecular weight is 350 g/mol. The Balaban J connectivity index is 1.77. The molecule has 1 aliphatic heterocycles. The SMILES string of the molecule is CN(C)S(=O)(=O)c1ccc(C(=O)N2CCCC2C2CCCC2)cc1. The van der Waals surface area contributed by atoms with Crippen LogP contribution in [0.1, 0.15) is 48.9 Å². The highest BCUT2D eigenvalue weighted by atomic mass is 32.2. The Morgan fingerprint density at radius 3 is 2.25 bits per heavy atom. The molecule has 132 valence electrons. The fourth-order valence-corrected chi connectivity index (χ4v) is 4.92. The van der Waals surface area contributed by atoms with Crippen molar-refractivity contribution < 1.29 is 13.2 Å². The van der Waals surface area contributed by atoms with E-state index in [-0.39, 0.29) is 10.8 Å². The largest absolute Gasteiger partial charge is 0.335 e. The van der Waals surface area contributed by atoms with Crippen LogP contribution in [0.5, 0.6) is 0 Å². The third-order valence-corrected chi connectivity index (χ3v) is 7.21. The highest BCUT2D eigenvalue weighted by Crippen LogP contribution is 2.36. The summed E-state index contributed by atoms with van der Waals surface area (Å²) in [6.07, 6.45) is 7.19. The van der Waals surface area contributed by atoms with Gasteiger partial charge in [0.2, 0.25) is 10.0 Å². The molecule has 2 aliphatic rings. The summed E-state index contributed by atoms with van der Waals surface area (Å²) in [4.78, 5) is 15.1. The molecule has 1 saturated carbocycles. The fourth-order valence-electron chi connectivity index (χ4n) is 4.02. The van der Waals surface area contributed by atoms with Crippen molar-refractivity contribution in [2.45, 2.75) is 49.5 Å². The maximum Gasteiger partial charge on any atom is 0.254 e. The van der Waals surface area contributed by atoms with Crippen LogP contribution in [0.3, 0.4) is 0 Å². The van der Waals surface area contributed by atoms with Crippen LogP contribution in [0.25, 0.3) is 0 Å². The number of hydrogen-bond donors (Lipinski definition) is 0. The minimum Gasteiger partial charge on any atom is -0.335 e. The number of carbonyl (C=O) groups excluding carboxylic acids is 1. The Morgan fingerprint density at radius 1 is 1.04 bits per heavy atom. The van der Waals surface area contributed by atoms with Gasteiger partial charge in [0.05, 0.1) is 4.90 Å². The smallest absolute Gasteiger partial charge is 0.254 e. The van der Waals surface area contributed by atoms with Gasteiger partial charge in [-0.05, 0) is 55.9 Å². The van der Waals surface area contributed by atoms with Crippen molar-refractivity contribution in [2.75, 3.05) is 20.6 Å². The molecule has 1 aromatic rings. The monoisotopic (exact) mass is 350 g/mol. The molecule has 1 heterocycles. The van der Waals surface area contributed by atoms with E-state index in [4.69, 9.17) is 0 Å². The first kappa shape index (κ1) is 17.4. The van der Waals surface area contributed by atoms with Gasteiger partial charge in [-0.25, -0.2) is 12.7 Å². The van der Waals surface area contributed by atoms with Gasteiger partial charge in [-0.1, -0.05) is 12.8 Å². The van der Waals surface area contributed by atoms with Gasteiger partial charge in [0.25, 0.3) is 5.91 Å². The lowest BCUT2D eigenvalue weighted by molar-refractivity contribution is 0.0689. The number of rotatable bonds is 4. The molecule has 0 N–H and O–H groups in total. The van der Waals surface area contributed by atoms with Crippen molar-refractivity contribution in [3.05, 3.63) is 29.8 Å². The Hall–Kier alpha value is -1.40. The third kappa shape index (κ3) is 3.22. The summed E-state index contributed by atoms with van der Waals surface area (Å²) in [5, 5.41) is 0. The molecule has 1 aliphatic carbocycles. The van der Waals surface area contributed by atoms with E-state index in [0.717, 1.165) is 19.4 Å². The van der Waals surface area contributed by atoms with Crippen LogP contribution >= 0.6 is 0 Å². The summed E-state index contributed by atoms with van der Waals surface area (Å²) in [5.74, 6) is 0.683. The molecule has 1 atom stereocenters. The lowest BCUT2D eigenvalue weighted by Gasteiger charge is -2.29. The predicted molar refractivity (Wildman–Crippen MR) is 93.3 cm³/mol. The molecule has 6 heteroatoms. The maximum absolute atomic E-state index is 12.9. The highest BCUT2D eigenvalue weighted by Gasteiger charge is 2.36. The molecule has 24 heavy (non-hydrogen) atoms. The van der Waals surface area contributed by atoms with Crippen LogP contribution in [0, 0.1) is 5.92 Å². The van der Waals surface area contributed by atoms with Crippen LogP contribution in [-0.4, -0.2) is 50.2 Å². The summed E-state index contributed by atoms with van der Waals surface area (Å²) >= 11 is 0. The third-order valence-electron chi connectivity index (χ3n) is 5.38. The van der Waals surface area contributed by atoms with Crippen LogP contribution in [0.15, 0.2) is 29.2 Å². The van der Waals surface area contributed by atoms with Gasteiger partial charge in [-0.15, -0.1) is 0 Å². The molecule has 0 aromatic heterocycles. The molecular formula is C18H26N2O3S. The van der Waals surface area contributed by atoms with E-state index < -0.39 is 10.0 Å². The molecule has 5 nitrogen and oxygen atoms in total. The summed E-state index contributed by atoms with van der Waals surface area (Å²) in [5.41, 5.74) is 0.581. The van der Waals surface area contributed by atoms with Crippen molar-refractivity contribution in [1.29, 1.82) is 0 Å². The lowest BCUT2D eigenvalue weighted by atomic mass is 9.95. The molecule has 1 amide bonds. The molecule has 0 radical (unpaired) electrons. The van der Waals surface area contributed by atoms with Crippen molar-refractivity contribution in [2.24, 2.45) is 5.92 Å². The predicted octanol–water partition coefficient (Wildman–Crippen LogP) is 2.73. The molecular weight excluding hydrogens is 324 g/mol. The van der Waals surface area contributed by atoms with E-state index in [9.17, 15) is 13.2 Å². The number of benzene rings is 1. The number of sulfonamides is 1. The van der Waals surface area contributed by atoms with E-state index in [0.29, 0.717) is 17.5 Å². The number of hydrogen-bond acceptors (Lipinski definition) is 3. The van der Waals surface area contributed by atoms with Crippen molar-refractivity contribution in [3.63, 3.8) is 0 Å². The highest BCUT2D eigenvalue weighted by molar-refractivity contribution is 7.89. The summed E-state index contributed by atoms with van der Waals surface area (Å²) in [6, 6.07) is 6.71. The minimum atomic E-state index is -3.45. The first-order valence-corrected chi connectivity index (χ1v) is 10.2. The van der Waals surface area contributed by atoms with Crippen molar-refractivity contribution in [3.8, 4) is 0 Å². The van der Waals surface area contributed by atoms with Crippen LogP contribution < -0.4 is 0 Å². The van der Waals surface area contributed by atoms with Crippen LogP contribution in [0.2, 0.25) is 0 Å². The quantitative estimate of drug-likeness (QED) is 0.839. The van der Waals surface area contributed by atoms with Crippen LogP contribution in [-0.2, 0) is 10.0 Å². The normalized spacial score (nSPS) is 22.5. The van der Waals surface area contributed by atoms with E-state index in [1.807, 2.05) is 4.90 Å². The Morgan fingerprint density at radius 2 is 1.67 bits per heavy atom. The van der Waals surface area contributed by atoms with E-state index in [2.05, 4.69) is 0 Å². The Labute approximate surface area is 144 Å². The second-order valence-electron chi connectivity index (χ2n) is 7.06. The first-order chi connectivity index (χ1) is 11.4. The van der Waals surface area contributed by atoms with Gasteiger partial charge in [-0.2, -0.15) is 0 Å². The van der Waals surface area contributed by atoms with Gasteiger partial charge in [0.15, 0.2) is 0 Å². The second kappa shape index (κ2) is 6.84. The Bertz CT molecular complexity index is 691. The second-order valence-corrected chi connectivity index (χ2v) is 9.22.